The van der Waals surface area contributed by atoms with Crippen molar-refractivity contribution in [3.63, 3.8) is 0 Å². The van der Waals surface area contributed by atoms with Gasteiger partial charge in [0.1, 0.15) is 0 Å². The van der Waals surface area contributed by atoms with Crippen LogP contribution in [-0.2, 0) is 0 Å². The van der Waals surface area contributed by atoms with E-state index in [0.717, 1.165) is 5.56 Å². The van der Waals surface area contributed by atoms with Crippen LogP contribution in [0, 0.1) is 0 Å². The predicted molar refractivity (Wildman–Crippen MR) is 98.1 cm³/mol. The lowest BCUT2D eigenvalue weighted by Gasteiger charge is -2.10. The lowest BCUT2D eigenvalue weighted by Crippen LogP contribution is -2.36. The van der Waals surface area contributed by atoms with Crippen LogP contribution in [0.15, 0.2) is 30.6 Å². The van der Waals surface area contributed by atoms with E-state index in [-0.39, 0.29) is 12.4 Å². The molecule has 0 aliphatic carbocycles. The molecule has 0 aliphatic heterocycles. The third-order valence-electron chi connectivity index (χ3n) is 3.87. The van der Waals surface area contributed by atoms with Crippen LogP contribution in [0.2, 0.25) is 0 Å². The highest BCUT2D eigenvalue weighted by atomic mass is 16.6. The number of carbonyl (C=O) groups excluding carboxylic acids is 1. The minimum atomic E-state index is -0.684. The average molecular weight is 372 g/mol. The lowest BCUT2D eigenvalue weighted by atomic mass is 10.1. The monoisotopic (exact) mass is 372 g/mol. The zero-order valence-corrected chi connectivity index (χ0v) is 15.1. The summed E-state index contributed by atoms with van der Waals surface area (Å²) in [7, 11) is 3.12. The SMILES string of the molecule is COc1ccc(-c2cnc3[nH]cc(OC(=O)NC(C)CO)c3n2)cc1OC. The number of aromatic nitrogens is 3. The van der Waals surface area contributed by atoms with E-state index in [1.165, 1.54) is 6.20 Å². The van der Waals surface area contributed by atoms with Crippen LogP contribution >= 0.6 is 0 Å². The maximum absolute atomic E-state index is 11.9. The number of benzene rings is 1. The van der Waals surface area contributed by atoms with Crippen molar-refractivity contribution in [1.29, 1.82) is 0 Å². The first-order valence-electron chi connectivity index (χ1n) is 8.21. The number of nitrogens with zero attached hydrogens (tertiary/aromatic N) is 2. The van der Waals surface area contributed by atoms with Gasteiger partial charge in [-0.25, -0.2) is 14.8 Å². The first-order chi connectivity index (χ1) is 13.0. The molecule has 27 heavy (non-hydrogen) atoms. The van der Waals surface area contributed by atoms with Crippen LogP contribution in [0.4, 0.5) is 4.79 Å². The van der Waals surface area contributed by atoms with Crippen LogP contribution in [0.5, 0.6) is 17.2 Å². The van der Waals surface area contributed by atoms with Crippen molar-refractivity contribution in [2.45, 2.75) is 13.0 Å². The summed E-state index contributed by atoms with van der Waals surface area (Å²) in [6.07, 6.45) is 2.43. The van der Waals surface area contributed by atoms with Gasteiger partial charge in [0.05, 0.1) is 38.8 Å². The Kier molecular flexibility index (Phi) is 5.41. The number of nitrogens with one attached hydrogen (secondary N) is 2. The number of ether oxygens (including phenoxy) is 3. The highest BCUT2D eigenvalue weighted by Crippen LogP contribution is 2.32. The van der Waals surface area contributed by atoms with Gasteiger partial charge in [-0.2, -0.15) is 0 Å². The molecule has 0 aliphatic rings. The molecule has 1 atom stereocenters. The standard InChI is InChI=1S/C18H20N4O5/c1-10(9-23)21-18(24)27-15-8-20-17-16(15)22-12(7-19-17)11-4-5-13(25-2)14(6-11)26-3/h4-8,10,23H,9H2,1-3H3,(H,19,20)(H,21,24). The zero-order valence-electron chi connectivity index (χ0n) is 15.1. The number of hydrogen-bond donors (Lipinski definition) is 3. The number of methoxy groups -OCH3 is 2. The van der Waals surface area contributed by atoms with E-state index in [0.29, 0.717) is 28.4 Å². The Hall–Kier alpha value is -3.33. The number of carbonyl (C=O) groups is 1. The largest absolute Gasteiger partial charge is 0.493 e. The molecule has 0 spiro atoms. The van der Waals surface area contributed by atoms with E-state index in [1.54, 1.807) is 39.5 Å². The minimum absolute atomic E-state index is 0.188. The summed E-state index contributed by atoms with van der Waals surface area (Å²) in [6.45, 7) is 1.47. The van der Waals surface area contributed by atoms with Gasteiger partial charge in [-0.15, -0.1) is 0 Å². The predicted octanol–water partition coefficient (Wildman–Crippen LogP) is 2.11. The number of aromatic amines is 1. The van der Waals surface area contributed by atoms with E-state index in [4.69, 9.17) is 19.3 Å². The Morgan fingerprint density at radius 2 is 2.04 bits per heavy atom. The van der Waals surface area contributed by atoms with Crippen molar-refractivity contribution < 1.29 is 24.1 Å². The Labute approximate surface area is 155 Å². The van der Waals surface area contributed by atoms with Crippen molar-refractivity contribution in [3.8, 4) is 28.5 Å². The second-order valence-electron chi connectivity index (χ2n) is 5.79. The third kappa shape index (κ3) is 3.93. The molecule has 0 radical (unpaired) electrons. The molecule has 0 bridgehead atoms. The number of rotatable bonds is 6. The van der Waals surface area contributed by atoms with Gasteiger partial charge >= 0.3 is 6.09 Å². The fourth-order valence-electron chi connectivity index (χ4n) is 2.46. The van der Waals surface area contributed by atoms with Crippen molar-refractivity contribution in [1.82, 2.24) is 20.3 Å². The molecular weight excluding hydrogens is 352 g/mol. The molecule has 2 aromatic heterocycles. The molecule has 0 saturated carbocycles. The van der Waals surface area contributed by atoms with E-state index < -0.39 is 12.1 Å². The molecule has 142 valence electrons. The molecule has 0 saturated heterocycles. The normalized spacial score (nSPS) is 11.9. The molecule has 1 unspecified atom stereocenters. The van der Waals surface area contributed by atoms with E-state index in [2.05, 4.69) is 20.3 Å². The van der Waals surface area contributed by atoms with Gasteiger partial charge in [0.2, 0.25) is 0 Å². The fraction of sp³-hybridized carbons (Fsp3) is 0.278. The summed E-state index contributed by atoms with van der Waals surface area (Å²) in [5.74, 6) is 1.41. The van der Waals surface area contributed by atoms with Gasteiger partial charge in [-0.1, -0.05) is 0 Å². The van der Waals surface area contributed by atoms with Crippen LogP contribution in [0.25, 0.3) is 22.4 Å². The third-order valence-corrected chi connectivity index (χ3v) is 3.87. The van der Waals surface area contributed by atoms with Crippen LogP contribution in [-0.4, -0.2) is 53.0 Å². The average Bonchev–Trinajstić information content (AvgIpc) is 3.09. The maximum Gasteiger partial charge on any atom is 0.413 e. The van der Waals surface area contributed by atoms with Crippen molar-refractivity contribution in [3.05, 3.63) is 30.6 Å². The Morgan fingerprint density at radius 1 is 1.26 bits per heavy atom. The Morgan fingerprint density at radius 3 is 2.74 bits per heavy atom. The molecule has 1 amide bonds. The Bertz CT molecular complexity index is 956. The zero-order chi connectivity index (χ0) is 19.4. The van der Waals surface area contributed by atoms with Crippen LogP contribution < -0.4 is 19.5 Å². The van der Waals surface area contributed by atoms with Gasteiger partial charge in [0.25, 0.3) is 0 Å². The highest BCUT2D eigenvalue weighted by molar-refractivity contribution is 5.84. The van der Waals surface area contributed by atoms with Gasteiger partial charge in [0.15, 0.2) is 28.4 Å². The fourth-order valence-corrected chi connectivity index (χ4v) is 2.46. The summed E-state index contributed by atoms with van der Waals surface area (Å²) in [5.41, 5.74) is 2.25. The van der Waals surface area contributed by atoms with Gasteiger partial charge in [-0.3, -0.25) is 0 Å². The topological polar surface area (TPSA) is 119 Å². The smallest absolute Gasteiger partial charge is 0.413 e. The van der Waals surface area contributed by atoms with E-state index in [1.807, 2.05) is 6.07 Å². The minimum Gasteiger partial charge on any atom is -0.493 e. The number of fused-ring (bicyclic) bond motifs is 1. The van der Waals surface area contributed by atoms with E-state index >= 15 is 0 Å². The van der Waals surface area contributed by atoms with Gasteiger partial charge in [-0.05, 0) is 25.1 Å². The number of H-pyrrole nitrogens is 1. The van der Waals surface area contributed by atoms with Crippen molar-refractivity contribution in [2.24, 2.45) is 0 Å². The summed E-state index contributed by atoms with van der Waals surface area (Å²) in [5, 5.41) is 11.5. The summed E-state index contributed by atoms with van der Waals surface area (Å²) in [6, 6.07) is 4.98. The molecule has 3 rings (SSSR count). The van der Waals surface area contributed by atoms with E-state index in [9.17, 15) is 4.79 Å². The van der Waals surface area contributed by atoms with Gasteiger partial charge in [0, 0.05) is 11.8 Å². The van der Waals surface area contributed by atoms with Crippen molar-refractivity contribution >= 4 is 17.3 Å². The molecule has 1 aromatic carbocycles. The maximum atomic E-state index is 11.9. The number of amides is 1. The quantitative estimate of drug-likeness (QED) is 0.606. The van der Waals surface area contributed by atoms with Crippen molar-refractivity contribution in [2.75, 3.05) is 20.8 Å². The summed E-state index contributed by atoms with van der Waals surface area (Å²) in [4.78, 5) is 23.7. The molecular formula is C18H20N4O5. The first kappa shape index (κ1) is 18.5. The van der Waals surface area contributed by atoms with Crippen LogP contribution in [0.1, 0.15) is 6.92 Å². The number of hydrogen-bond acceptors (Lipinski definition) is 7. The summed E-state index contributed by atoms with van der Waals surface area (Å²) >= 11 is 0. The molecule has 0 fully saturated rings. The number of aliphatic hydroxyl groups is 1. The number of aliphatic hydroxyl groups excluding tert-OH is 1. The second kappa shape index (κ2) is 7.92. The Balaban J connectivity index is 1.92. The highest BCUT2D eigenvalue weighted by Gasteiger charge is 2.15. The molecule has 2 heterocycles. The van der Waals surface area contributed by atoms with Crippen LogP contribution in [0.3, 0.4) is 0 Å². The second-order valence-corrected chi connectivity index (χ2v) is 5.79. The lowest BCUT2D eigenvalue weighted by molar-refractivity contribution is 0.186. The molecule has 3 aromatic rings. The molecule has 9 nitrogen and oxygen atoms in total. The molecule has 9 heteroatoms. The first-order valence-corrected chi connectivity index (χ1v) is 8.21. The molecule has 3 N–H and O–H groups in total. The summed E-state index contributed by atoms with van der Waals surface area (Å²) < 4.78 is 15.8. The van der Waals surface area contributed by atoms with Gasteiger partial charge < -0.3 is 29.6 Å².